The van der Waals surface area contributed by atoms with Gasteiger partial charge in [-0.3, -0.25) is 5.41 Å². The van der Waals surface area contributed by atoms with Crippen molar-refractivity contribution in [2.75, 3.05) is 5.75 Å². The fraction of sp³-hybridized carbons (Fsp3) is 0.300. The Hall–Kier alpha value is -1.34. The van der Waals surface area contributed by atoms with Crippen LogP contribution >= 0.6 is 23.1 Å². The minimum absolute atomic E-state index is 0.148. The molecule has 0 bridgehead atoms. The van der Waals surface area contributed by atoms with E-state index >= 15 is 0 Å². The number of aromatic nitrogens is 2. The maximum absolute atomic E-state index is 7.07. The highest BCUT2D eigenvalue weighted by Gasteiger charge is 2.08. The maximum atomic E-state index is 7.07. The Bertz CT molecular complexity index is 480. The van der Waals surface area contributed by atoms with E-state index in [1.807, 2.05) is 17.5 Å². The zero-order valence-electron chi connectivity index (χ0n) is 9.05. The van der Waals surface area contributed by atoms with E-state index in [1.165, 1.54) is 11.8 Å². The van der Waals surface area contributed by atoms with Crippen LogP contribution in [0.15, 0.2) is 22.0 Å². The number of aryl methyl sites for hydroxylation is 1. The van der Waals surface area contributed by atoms with Crippen molar-refractivity contribution in [1.29, 1.82) is 5.41 Å². The van der Waals surface area contributed by atoms with Crippen molar-refractivity contribution in [3.8, 4) is 10.7 Å². The van der Waals surface area contributed by atoms with Crippen molar-refractivity contribution in [2.45, 2.75) is 12.8 Å². The smallest absolute Gasteiger partial charge is 0.227 e. The molecule has 0 spiro atoms. The van der Waals surface area contributed by atoms with Crippen LogP contribution in [0.5, 0.6) is 0 Å². The summed E-state index contributed by atoms with van der Waals surface area (Å²) in [5, 5.41) is 13.1. The molecule has 2 aromatic heterocycles. The fourth-order valence-corrected chi connectivity index (χ4v) is 2.43. The lowest BCUT2D eigenvalue weighted by Gasteiger charge is -1.95. The number of nitrogens with one attached hydrogen (secondary N) is 1. The maximum Gasteiger partial charge on any atom is 0.227 e. The topological polar surface area (TPSA) is 88.8 Å². The first-order chi connectivity index (χ1) is 8.25. The van der Waals surface area contributed by atoms with E-state index in [0.29, 0.717) is 11.7 Å². The third-order valence-electron chi connectivity index (χ3n) is 2.00. The molecule has 0 saturated carbocycles. The van der Waals surface area contributed by atoms with Crippen LogP contribution in [0.2, 0.25) is 0 Å². The number of nitrogens with two attached hydrogens (primary N) is 1. The van der Waals surface area contributed by atoms with Crippen molar-refractivity contribution in [3.63, 3.8) is 0 Å². The van der Waals surface area contributed by atoms with E-state index in [4.69, 9.17) is 15.7 Å². The summed E-state index contributed by atoms with van der Waals surface area (Å²) in [7, 11) is 0. The zero-order chi connectivity index (χ0) is 12.1. The largest absolute Gasteiger partial charge is 0.379 e. The molecule has 5 nitrogen and oxygen atoms in total. The molecule has 0 aliphatic carbocycles. The molecular formula is C10H12N4OS2. The monoisotopic (exact) mass is 268 g/mol. The quantitative estimate of drug-likeness (QED) is 0.493. The lowest BCUT2D eigenvalue weighted by atomic mass is 10.3. The van der Waals surface area contributed by atoms with Gasteiger partial charge < -0.3 is 10.3 Å². The molecule has 0 saturated heterocycles. The van der Waals surface area contributed by atoms with Gasteiger partial charge in [-0.1, -0.05) is 23.0 Å². The predicted octanol–water partition coefficient (Wildman–Crippen LogP) is 2.36. The molecule has 0 fully saturated rings. The molecule has 3 N–H and O–H groups in total. The molecule has 0 aliphatic heterocycles. The van der Waals surface area contributed by atoms with Gasteiger partial charge in [-0.25, -0.2) is 0 Å². The molecule has 0 amide bonds. The standard InChI is InChI=1S/C10H12N4OS2/c11-10(12)17-6-2-4-8-13-9(14-15-8)7-3-1-5-16-7/h1,3,5H,2,4,6H2,(H3,11,12). The molecule has 0 aromatic carbocycles. The molecule has 90 valence electrons. The van der Waals surface area contributed by atoms with E-state index in [9.17, 15) is 0 Å². The third kappa shape index (κ3) is 3.57. The van der Waals surface area contributed by atoms with Crippen LogP contribution in [-0.2, 0) is 6.42 Å². The second kappa shape index (κ2) is 5.83. The Morgan fingerprint density at radius 1 is 1.59 bits per heavy atom. The van der Waals surface area contributed by atoms with Crippen LogP contribution in [-0.4, -0.2) is 21.1 Å². The summed E-state index contributed by atoms with van der Waals surface area (Å²) in [6.07, 6.45) is 1.59. The summed E-state index contributed by atoms with van der Waals surface area (Å²) >= 11 is 2.92. The molecule has 2 heterocycles. The van der Waals surface area contributed by atoms with E-state index in [0.717, 1.165) is 23.5 Å². The van der Waals surface area contributed by atoms with E-state index < -0.39 is 0 Å². The van der Waals surface area contributed by atoms with Crippen LogP contribution in [0.25, 0.3) is 10.7 Å². The highest BCUT2D eigenvalue weighted by atomic mass is 32.2. The second-order valence-corrected chi connectivity index (χ2v) is 5.39. The predicted molar refractivity (Wildman–Crippen MR) is 70.3 cm³/mol. The van der Waals surface area contributed by atoms with Gasteiger partial charge in [0.05, 0.1) is 4.88 Å². The van der Waals surface area contributed by atoms with Crippen LogP contribution in [0.3, 0.4) is 0 Å². The Balaban J connectivity index is 1.84. The van der Waals surface area contributed by atoms with Gasteiger partial charge in [-0.15, -0.1) is 11.3 Å². The fourth-order valence-electron chi connectivity index (χ4n) is 1.27. The molecule has 0 radical (unpaired) electrons. The summed E-state index contributed by atoms with van der Waals surface area (Å²) in [4.78, 5) is 5.32. The third-order valence-corrected chi connectivity index (χ3v) is 3.67. The zero-order valence-corrected chi connectivity index (χ0v) is 10.7. The first-order valence-electron chi connectivity index (χ1n) is 5.09. The van der Waals surface area contributed by atoms with Gasteiger partial charge in [-0.05, 0) is 17.9 Å². The number of hydrogen-bond acceptors (Lipinski definition) is 6. The number of thioether (sulfide) groups is 1. The number of rotatable bonds is 5. The van der Waals surface area contributed by atoms with E-state index in [-0.39, 0.29) is 5.17 Å². The van der Waals surface area contributed by atoms with Crippen molar-refractivity contribution in [3.05, 3.63) is 23.4 Å². The average Bonchev–Trinajstić information content (AvgIpc) is 2.94. The van der Waals surface area contributed by atoms with E-state index in [2.05, 4.69) is 10.1 Å². The number of hydrogen-bond donors (Lipinski definition) is 2. The SMILES string of the molecule is N=C(N)SCCCc1nc(-c2cccs2)no1. The number of thiophene rings is 1. The highest BCUT2D eigenvalue weighted by molar-refractivity contribution is 8.13. The summed E-state index contributed by atoms with van der Waals surface area (Å²) in [5.74, 6) is 2.08. The molecule has 0 unspecified atom stereocenters. The Morgan fingerprint density at radius 3 is 3.18 bits per heavy atom. The van der Waals surface area contributed by atoms with Gasteiger partial charge in [0.25, 0.3) is 0 Å². The molecule has 2 aromatic rings. The lowest BCUT2D eigenvalue weighted by molar-refractivity contribution is 0.378. The minimum Gasteiger partial charge on any atom is -0.379 e. The molecule has 0 atom stereocenters. The van der Waals surface area contributed by atoms with Gasteiger partial charge in [0.2, 0.25) is 11.7 Å². The Kier molecular flexibility index (Phi) is 4.16. The van der Waals surface area contributed by atoms with Crippen molar-refractivity contribution in [2.24, 2.45) is 5.73 Å². The highest BCUT2D eigenvalue weighted by Crippen LogP contribution is 2.21. The van der Waals surface area contributed by atoms with Crippen LogP contribution in [0.4, 0.5) is 0 Å². The van der Waals surface area contributed by atoms with E-state index in [1.54, 1.807) is 11.3 Å². The van der Waals surface area contributed by atoms with Crippen molar-refractivity contribution in [1.82, 2.24) is 10.1 Å². The first-order valence-corrected chi connectivity index (χ1v) is 6.95. The van der Waals surface area contributed by atoms with Gasteiger partial charge in [0.1, 0.15) is 0 Å². The molecule has 17 heavy (non-hydrogen) atoms. The van der Waals surface area contributed by atoms with Gasteiger partial charge in [0.15, 0.2) is 5.17 Å². The second-order valence-electron chi connectivity index (χ2n) is 3.31. The van der Waals surface area contributed by atoms with Crippen LogP contribution in [0.1, 0.15) is 12.3 Å². The van der Waals surface area contributed by atoms with Crippen LogP contribution in [0, 0.1) is 5.41 Å². The molecular weight excluding hydrogens is 256 g/mol. The van der Waals surface area contributed by atoms with Gasteiger partial charge in [0, 0.05) is 12.2 Å². The number of nitrogens with zero attached hydrogens (tertiary/aromatic N) is 2. The Labute approximate surface area is 107 Å². The minimum atomic E-state index is 0.148. The molecule has 7 heteroatoms. The molecule has 2 rings (SSSR count). The summed E-state index contributed by atoms with van der Waals surface area (Å²) < 4.78 is 5.15. The first kappa shape index (κ1) is 12.1. The molecule has 0 aliphatic rings. The summed E-state index contributed by atoms with van der Waals surface area (Å²) in [6.45, 7) is 0. The van der Waals surface area contributed by atoms with Gasteiger partial charge in [-0.2, -0.15) is 4.98 Å². The van der Waals surface area contributed by atoms with Crippen molar-refractivity contribution < 1.29 is 4.52 Å². The van der Waals surface area contributed by atoms with Crippen molar-refractivity contribution >= 4 is 28.3 Å². The summed E-state index contributed by atoms with van der Waals surface area (Å²) in [5.41, 5.74) is 5.24. The van der Waals surface area contributed by atoms with Gasteiger partial charge >= 0.3 is 0 Å². The van der Waals surface area contributed by atoms with Crippen LogP contribution < -0.4 is 5.73 Å². The lowest BCUT2D eigenvalue weighted by Crippen LogP contribution is -2.04. The summed E-state index contributed by atoms with van der Waals surface area (Å²) in [6, 6.07) is 3.92. The Morgan fingerprint density at radius 2 is 2.47 bits per heavy atom. The number of amidine groups is 1. The average molecular weight is 268 g/mol. The normalized spacial score (nSPS) is 10.6.